The van der Waals surface area contributed by atoms with Gasteiger partial charge in [-0.2, -0.15) is 0 Å². The summed E-state index contributed by atoms with van der Waals surface area (Å²) in [5, 5.41) is 15.7. The van der Waals surface area contributed by atoms with Gasteiger partial charge in [0.05, 0.1) is 12.1 Å². The molecule has 5 nitrogen and oxygen atoms in total. The molecular formula is C13H25N5. The lowest BCUT2D eigenvalue weighted by Gasteiger charge is -2.33. The van der Waals surface area contributed by atoms with Gasteiger partial charge >= 0.3 is 0 Å². The van der Waals surface area contributed by atoms with Gasteiger partial charge in [-0.25, -0.2) is 4.68 Å². The number of hydrogen-bond acceptors (Lipinski definition) is 4. The molecule has 0 radical (unpaired) electrons. The smallest absolute Gasteiger partial charge is 0.168 e. The van der Waals surface area contributed by atoms with E-state index in [0.717, 1.165) is 18.3 Å². The molecule has 0 spiro atoms. The highest BCUT2D eigenvalue weighted by Gasteiger charge is 2.30. The summed E-state index contributed by atoms with van der Waals surface area (Å²) in [7, 11) is 0. The van der Waals surface area contributed by atoms with Gasteiger partial charge in [0.2, 0.25) is 0 Å². The molecule has 1 aliphatic carbocycles. The van der Waals surface area contributed by atoms with Crippen LogP contribution in [0.15, 0.2) is 0 Å². The highest BCUT2D eigenvalue weighted by Crippen LogP contribution is 2.37. The maximum absolute atomic E-state index is 4.23. The largest absolute Gasteiger partial charge is 0.308 e. The van der Waals surface area contributed by atoms with E-state index in [4.69, 9.17) is 0 Å². The van der Waals surface area contributed by atoms with Gasteiger partial charge in [0.1, 0.15) is 0 Å². The van der Waals surface area contributed by atoms with Crippen molar-refractivity contribution in [3.8, 4) is 0 Å². The molecule has 0 aromatic carbocycles. The molecule has 2 rings (SSSR count). The van der Waals surface area contributed by atoms with Gasteiger partial charge in [0.15, 0.2) is 5.82 Å². The van der Waals surface area contributed by atoms with Crippen molar-refractivity contribution in [2.24, 2.45) is 11.8 Å². The van der Waals surface area contributed by atoms with E-state index < -0.39 is 0 Å². The minimum Gasteiger partial charge on any atom is -0.308 e. The van der Waals surface area contributed by atoms with Crippen LogP contribution >= 0.6 is 0 Å². The first-order chi connectivity index (χ1) is 8.63. The maximum Gasteiger partial charge on any atom is 0.168 e. The van der Waals surface area contributed by atoms with Gasteiger partial charge in [0, 0.05) is 0 Å². The van der Waals surface area contributed by atoms with Crippen LogP contribution in [0.5, 0.6) is 0 Å². The number of rotatable bonds is 4. The summed E-state index contributed by atoms with van der Waals surface area (Å²) in [5.74, 6) is 2.47. The van der Waals surface area contributed by atoms with Crippen LogP contribution in [-0.2, 0) is 0 Å². The van der Waals surface area contributed by atoms with Crippen molar-refractivity contribution in [3.63, 3.8) is 0 Å². The van der Waals surface area contributed by atoms with Crippen molar-refractivity contribution in [1.29, 1.82) is 0 Å². The predicted molar refractivity (Wildman–Crippen MR) is 71.1 cm³/mol. The van der Waals surface area contributed by atoms with E-state index in [1.54, 1.807) is 0 Å². The minimum atomic E-state index is 0.219. The van der Waals surface area contributed by atoms with Crippen LogP contribution in [0.1, 0.15) is 64.9 Å². The average molecular weight is 251 g/mol. The Morgan fingerprint density at radius 1 is 1.39 bits per heavy atom. The summed E-state index contributed by atoms with van der Waals surface area (Å²) in [5.41, 5.74) is 0. The third-order valence-corrected chi connectivity index (χ3v) is 4.12. The van der Waals surface area contributed by atoms with E-state index >= 15 is 0 Å². The molecule has 1 aromatic rings. The topological polar surface area (TPSA) is 55.6 Å². The molecule has 0 saturated heterocycles. The lowest BCUT2D eigenvalue weighted by atomic mass is 9.80. The second kappa shape index (κ2) is 5.78. The molecule has 1 aromatic heterocycles. The van der Waals surface area contributed by atoms with Crippen molar-refractivity contribution >= 4 is 0 Å². The van der Waals surface area contributed by atoms with Gasteiger partial charge in [-0.15, -0.1) is 5.10 Å². The van der Waals surface area contributed by atoms with E-state index in [9.17, 15) is 0 Å². The lowest BCUT2D eigenvalue weighted by Crippen LogP contribution is -2.29. The first-order valence-electron chi connectivity index (χ1n) is 7.14. The van der Waals surface area contributed by atoms with Crippen molar-refractivity contribution < 1.29 is 0 Å². The second-order valence-corrected chi connectivity index (χ2v) is 5.72. The summed E-state index contributed by atoms with van der Waals surface area (Å²) in [6.07, 6.45) is 3.75. The quantitative estimate of drug-likeness (QED) is 0.892. The maximum atomic E-state index is 4.23. The fourth-order valence-electron chi connectivity index (χ4n) is 3.13. The normalized spacial score (nSPS) is 30.3. The SMILES string of the molecule is CCNC(C)c1nnnn1C1CCC(C)CC1C. The predicted octanol–water partition coefficient (Wildman–Crippen LogP) is 2.34. The van der Waals surface area contributed by atoms with Crippen LogP contribution < -0.4 is 5.32 Å². The Hall–Kier alpha value is -0.970. The van der Waals surface area contributed by atoms with E-state index in [2.05, 4.69) is 53.2 Å². The van der Waals surface area contributed by atoms with Crippen LogP contribution in [0, 0.1) is 11.8 Å². The molecular weight excluding hydrogens is 226 g/mol. The van der Waals surface area contributed by atoms with Crippen LogP contribution in [-0.4, -0.2) is 26.8 Å². The van der Waals surface area contributed by atoms with Crippen LogP contribution in [0.2, 0.25) is 0 Å². The number of aromatic nitrogens is 4. The minimum absolute atomic E-state index is 0.219. The zero-order chi connectivity index (χ0) is 13.1. The van der Waals surface area contributed by atoms with Crippen LogP contribution in [0.25, 0.3) is 0 Å². The Bertz CT molecular complexity index is 375. The van der Waals surface area contributed by atoms with Gasteiger partial charge < -0.3 is 5.32 Å². The van der Waals surface area contributed by atoms with E-state index in [1.807, 2.05) is 0 Å². The highest BCUT2D eigenvalue weighted by molar-refractivity contribution is 4.94. The van der Waals surface area contributed by atoms with Crippen molar-refractivity contribution in [1.82, 2.24) is 25.5 Å². The number of nitrogens with one attached hydrogen (secondary N) is 1. The van der Waals surface area contributed by atoms with E-state index in [-0.39, 0.29) is 6.04 Å². The molecule has 0 amide bonds. The lowest BCUT2D eigenvalue weighted by molar-refractivity contribution is 0.187. The summed E-state index contributed by atoms with van der Waals surface area (Å²) in [6, 6.07) is 0.684. The molecule has 1 aliphatic rings. The van der Waals surface area contributed by atoms with Crippen molar-refractivity contribution in [2.75, 3.05) is 6.54 Å². The first-order valence-corrected chi connectivity index (χ1v) is 7.14. The van der Waals surface area contributed by atoms with E-state index in [1.165, 1.54) is 19.3 Å². The van der Waals surface area contributed by atoms with E-state index in [0.29, 0.717) is 12.0 Å². The molecule has 1 N–H and O–H groups in total. The monoisotopic (exact) mass is 251 g/mol. The Kier molecular flexibility index (Phi) is 4.32. The summed E-state index contributed by atoms with van der Waals surface area (Å²) in [6.45, 7) is 9.83. The highest BCUT2D eigenvalue weighted by atomic mass is 15.6. The number of nitrogens with zero attached hydrogens (tertiary/aromatic N) is 4. The Labute approximate surface area is 109 Å². The van der Waals surface area contributed by atoms with Gasteiger partial charge in [-0.3, -0.25) is 0 Å². The molecule has 1 saturated carbocycles. The van der Waals surface area contributed by atoms with Gasteiger partial charge in [-0.1, -0.05) is 20.8 Å². The fraction of sp³-hybridized carbons (Fsp3) is 0.923. The molecule has 4 unspecified atom stereocenters. The molecule has 1 heterocycles. The zero-order valence-electron chi connectivity index (χ0n) is 11.9. The molecule has 0 bridgehead atoms. The third kappa shape index (κ3) is 2.71. The third-order valence-electron chi connectivity index (χ3n) is 4.12. The Morgan fingerprint density at radius 3 is 2.83 bits per heavy atom. The summed E-state index contributed by atoms with van der Waals surface area (Å²) < 4.78 is 2.06. The van der Waals surface area contributed by atoms with Gasteiger partial charge in [0.25, 0.3) is 0 Å². The van der Waals surface area contributed by atoms with Crippen LogP contribution in [0.4, 0.5) is 0 Å². The second-order valence-electron chi connectivity index (χ2n) is 5.72. The summed E-state index contributed by atoms with van der Waals surface area (Å²) in [4.78, 5) is 0. The molecule has 1 fully saturated rings. The Morgan fingerprint density at radius 2 is 2.17 bits per heavy atom. The Balaban J connectivity index is 2.15. The standard InChI is InChI=1S/C13H25N5/c1-5-14-11(4)13-15-16-17-18(13)12-7-6-9(2)8-10(12)3/h9-12,14H,5-8H2,1-4H3. The first kappa shape index (κ1) is 13.5. The molecule has 4 atom stereocenters. The fourth-order valence-corrected chi connectivity index (χ4v) is 3.13. The number of hydrogen-bond donors (Lipinski definition) is 1. The molecule has 102 valence electrons. The van der Waals surface area contributed by atoms with Gasteiger partial charge in [-0.05, 0) is 55.0 Å². The zero-order valence-corrected chi connectivity index (χ0v) is 11.9. The average Bonchev–Trinajstić information content (AvgIpc) is 2.78. The van der Waals surface area contributed by atoms with Crippen LogP contribution in [0.3, 0.4) is 0 Å². The summed E-state index contributed by atoms with van der Waals surface area (Å²) >= 11 is 0. The molecule has 18 heavy (non-hydrogen) atoms. The number of tetrazole rings is 1. The molecule has 5 heteroatoms. The van der Waals surface area contributed by atoms with Crippen molar-refractivity contribution in [3.05, 3.63) is 5.82 Å². The molecule has 0 aliphatic heterocycles. The van der Waals surface area contributed by atoms with Crippen molar-refractivity contribution in [2.45, 2.75) is 59.0 Å².